The Kier molecular flexibility index (Phi) is 4.67. The van der Waals surface area contributed by atoms with Gasteiger partial charge in [0.2, 0.25) is 0 Å². The van der Waals surface area contributed by atoms with Gasteiger partial charge in [-0.1, -0.05) is 6.07 Å². The molecule has 0 radical (unpaired) electrons. The lowest BCUT2D eigenvalue weighted by molar-refractivity contribution is 0.412. The van der Waals surface area contributed by atoms with E-state index in [2.05, 4.69) is 39.4 Å². The van der Waals surface area contributed by atoms with Gasteiger partial charge in [-0.15, -0.1) is 11.3 Å². The van der Waals surface area contributed by atoms with Crippen molar-refractivity contribution in [3.8, 4) is 5.75 Å². The molecule has 1 atom stereocenters. The third-order valence-electron chi connectivity index (χ3n) is 4.10. The number of benzene rings is 1. The van der Waals surface area contributed by atoms with Crippen LogP contribution in [-0.4, -0.2) is 14.2 Å². The van der Waals surface area contributed by atoms with Crippen molar-refractivity contribution in [2.75, 3.05) is 14.2 Å². The zero-order valence-electron chi connectivity index (χ0n) is 12.4. The zero-order chi connectivity index (χ0) is 14.8. The summed E-state index contributed by atoms with van der Waals surface area (Å²) < 4.78 is 6.32. The Morgan fingerprint density at radius 1 is 1.24 bits per heavy atom. The van der Waals surface area contributed by atoms with Crippen LogP contribution in [0.4, 0.5) is 0 Å². The number of aryl methyl sites for hydroxylation is 2. The van der Waals surface area contributed by atoms with Gasteiger partial charge in [0.25, 0.3) is 0 Å². The van der Waals surface area contributed by atoms with Crippen molar-refractivity contribution in [3.05, 3.63) is 49.6 Å². The molecule has 1 aromatic heterocycles. The summed E-state index contributed by atoms with van der Waals surface area (Å²) >= 11 is 5.55. The Labute approximate surface area is 138 Å². The zero-order valence-corrected chi connectivity index (χ0v) is 14.8. The van der Waals surface area contributed by atoms with E-state index < -0.39 is 0 Å². The summed E-state index contributed by atoms with van der Waals surface area (Å²) in [7, 11) is 3.73. The predicted octanol–water partition coefficient (Wildman–Crippen LogP) is 4.71. The van der Waals surface area contributed by atoms with Crippen LogP contribution in [0.1, 0.15) is 39.8 Å². The molecule has 0 amide bonds. The van der Waals surface area contributed by atoms with Crippen LogP contribution in [0.15, 0.2) is 28.7 Å². The minimum Gasteiger partial charge on any atom is -0.496 e. The van der Waals surface area contributed by atoms with Gasteiger partial charge in [0.05, 0.1) is 17.6 Å². The van der Waals surface area contributed by atoms with Crippen LogP contribution in [-0.2, 0) is 12.8 Å². The van der Waals surface area contributed by atoms with Crippen LogP contribution in [0.25, 0.3) is 0 Å². The molecule has 0 aliphatic heterocycles. The number of hydrogen-bond donors (Lipinski definition) is 1. The van der Waals surface area contributed by atoms with Gasteiger partial charge in [-0.3, -0.25) is 0 Å². The van der Waals surface area contributed by atoms with E-state index in [4.69, 9.17) is 4.74 Å². The second kappa shape index (κ2) is 6.51. The van der Waals surface area contributed by atoms with Crippen LogP contribution in [0, 0.1) is 0 Å². The van der Waals surface area contributed by atoms with Crippen LogP contribution in [0.3, 0.4) is 0 Å². The topological polar surface area (TPSA) is 21.3 Å². The maximum atomic E-state index is 5.32. The molecular formula is C17H20BrNOS. The van der Waals surface area contributed by atoms with Crippen molar-refractivity contribution in [2.45, 2.75) is 31.7 Å². The Bertz CT molecular complexity index is 614. The standard InChI is InChI=1S/C17H20BrNOS/c1-19-17(12-7-8-14(20-2)13(18)9-12)16-10-11-5-3-4-6-15(11)21-16/h7-10,17,19H,3-6H2,1-2H3. The molecule has 0 fully saturated rings. The first-order valence-electron chi connectivity index (χ1n) is 7.35. The molecule has 21 heavy (non-hydrogen) atoms. The van der Waals surface area contributed by atoms with Crippen molar-refractivity contribution >= 4 is 27.3 Å². The molecule has 4 heteroatoms. The number of thiophene rings is 1. The SMILES string of the molecule is CNC(c1ccc(OC)c(Br)c1)c1cc2c(s1)CCCC2. The van der Waals surface area contributed by atoms with Gasteiger partial charge >= 0.3 is 0 Å². The lowest BCUT2D eigenvalue weighted by Crippen LogP contribution is -2.16. The number of nitrogens with one attached hydrogen (secondary N) is 1. The number of rotatable bonds is 4. The second-order valence-electron chi connectivity index (χ2n) is 5.42. The summed E-state index contributed by atoms with van der Waals surface area (Å²) in [6.07, 6.45) is 5.17. The first-order chi connectivity index (χ1) is 10.2. The highest BCUT2D eigenvalue weighted by atomic mass is 79.9. The van der Waals surface area contributed by atoms with Crippen LogP contribution in [0.5, 0.6) is 5.75 Å². The molecule has 112 valence electrons. The Morgan fingerprint density at radius 3 is 2.71 bits per heavy atom. The van der Waals surface area contributed by atoms with Crippen molar-refractivity contribution < 1.29 is 4.74 Å². The van der Waals surface area contributed by atoms with Gasteiger partial charge in [-0.25, -0.2) is 0 Å². The smallest absolute Gasteiger partial charge is 0.133 e. The molecular weight excluding hydrogens is 346 g/mol. The largest absolute Gasteiger partial charge is 0.496 e. The summed E-state index contributed by atoms with van der Waals surface area (Å²) in [6.45, 7) is 0. The number of ether oxygens (including phenoxy) is 1. The van der Waals surface area contributed by atoms with E-state index in [1.165, 1.54) is 36.1 Å². The van der Waals surface area contributed by atoms with Gasteiger partial charge in [-0.05, 0) is 78.0 Å². The molecule has 1 heterocycles. The van der Waals surface area contributed by atoms with Crippen LogP contribution < -0.4 is 10.1 Å². The third kappa shape index (κ3) is 3.03. The maximum absolute atomic E-state index is 5.32. The van der Waals surface area contributed by atoms with Gasteiger partial charge in [0.15, 0.2) is 0 Å². The molecule has 1 aliphatic carbocycles. The number of halogens is 1. The van der Waals surface area contributed by atoms with Crippen molar-refractivity contribution in [1.82, 2.24) is 5.32 Å². The van der Waals surface area contributed by atoms with Gasteiger partial charge in [0.1, 0.15) is 5.75 Å². The molecule has 1 aromatic carbocycles. The first-order valence-corrected chi connectivity index (χ1v) is 8.96. The van der Waals surface area contributed by atoms with E-state index in [0.29, 0.717) is 0 Å². The van der Waals surface area contributed by atoms with Gasteiger partial charge < -0.3 is 10.1 Å². The molecule has 3 rings (SSSR count). The van der Waals surface area contributed by atoms with E-state index in [0.717, 1.165) is 10.2 Å². The van der Waals surface area contributed by atoms with Crippen molar-refractivity contribution in [3.63, 3.8) is 0 Å². The average Bonchev–Trinajstić information content (AvgIpc) is 2.91. The van der Waals surface area contributed by atoms with Gasteiger partial charge in [0, 0.05) is 9.75 Å². The molecule has 0 saturated heterocycles. The minimum absolute atomic E-state index is 0.253. The fourth-order valence-corrected chi connectivity index (χ4v) is 4.95. The van der Waals surface area contributed by atoms with Crippen LogP contribution in [0.2, 0.25) is 0 Å². The van der Waals surface area contributed by atoms with E-state index >= 15 is 0 Å². The summed E-state index contributed by atoms with van der Waals surface area (Å²) in [4.78, 5) is 3.01. The Morgan fingerprint density at radius 2 is 2.05 bits per heavy atom. The third-order valence-corrected chi connectivity index (χ3v) is 6.02. The molecule has 2 nitrogen and oxygen atoms in total. The predicted molar refractivity (Wildman–Crippen MR) is 92.6 cm³/mol. The first kappa shape index (κ1) is 15.1. The summed E-state index contributed by atoms with van der Waals surface area (Å²) in [6, 6.07) is 8.97. The molecule has 0 bridgehead atoms. The molecule has 0 spiro atoms. The Hall–Kier alpha value is -0.840. The Balaban J connectivity index is 1.94. The quantitative estimate of drug-likeness (QED) is 0.846. The summed E-state index contributed by atoms with van der Waals surface area (Å²) in [5.41, 5.74) is 2.83. The summed E-state index contributed by atoms with van der Waals surface area (Å²) in [5, 5.41) is 3.46. The van der Waals surface area contributed by atoms with Crippen molar-refractivity contribution in [1.29, 1.82) is 0 Å². The van der Waals surface area contributed by atoms with E-state index in [9.17, 15) is 0 Å². The number of methoxy groups -OCH3 is 1. The normalized spacial score (nSPS) is 15.6. The molecule has 2 aromatic rings. The highest BCUT2D eigenvalue weighted by Gasteiger charge is 2.20. The van der Waals surface area contributed by atoms with E-state index in [-0.39, 0.29) is 6.04 Å². The number of hydrogen-bond acceptors (Lipinski definition) is 3. The lowest BCUT2D eigenvalue weighted by Gasteiger charge is -2.16. The lowest BCUT2D eigenvalue weighted by atomic mass is 9.98. The monoisotopic (exact) mass is 365 g/mol. The highest BCUT2D eigenvalue weighted by molar-refractivity contribution is 9.10. The molecule has 1 unspecified atom stereocenters. The van der Waals surface area contributed by atoms with E-state index in [1.54, 1.807) is 17.6 Å². The molecule has 1 aliphatic rings. The fourth-order valence-electron chi connectivity index (χ4n) is 2.99. The maximum Gasteiger partial charge on any atom is 0.133 e. The minimum atomic E-state index is 0.253. The molecule has 1 N–H and O–H groups in total. The average molecular weight is 366 g/mol. The number of fused-ring (bicyclic) bond motifs is 1. The highest BCUT2D eigenvalue weighted by Crippen LogP contribution is 2.37. The van der Waals surface area contributed by atoms with Gasteiger partial charge in [-0.2, -0.15) is 0 Å². The second-order valence-corrected chi connectivity index (χ2v) is 7.44. The van der Waals surface area contributed by atoms with Crippen LogP contribution >= 0.6 is 27.3 Å². The van der Waals surface area contributed by atoms with E-state index in [1.807, 2.05) is 24.5 Å². The fraction of sp³-hybridized carbons (Fsp3) is 0.412. The summed E-state index contributed by atoms with van der Waals surface area (Å²) in [5.74, 6) is 0.874. The van der Waals surface area contributed by atoms with Crippen molar-refractivity contribution in [2.24, 2.45) is 0 Å². The molecule has 0 saturated carbocycles.